The van der Waals surface area contributed by atoms with Crippen molar-refractivity contribution >= 4 is 82.3 Å². The van der Waals surface area contributed by atoms with Gasteiger partial charge in [0, 0.05) is 46.8 Å². The predicted molar refractivity (Wildman–Crippen MR) is 250 cm³/mol. The fourth-order valence-corrected chi connectivity index (χ4v) is 9.51. The summed E-state index contributed by atoms with van der Waals surface area (Å²) in [5, 5.41) is 13.0. The lowest BCUT2D eigenvalue weighted by Gasteiger charge is -2.28. The van der Waals surface area contributed by atoms with Gasteiger partial charge in [0.1, 0.15) is 0 Å². The zero-order valence-electron chi connectivity index (χ0n) is 32.7. The summed E-state index contributed by atoms with van der Waals surface area (Å²) in [4.78, 5) is 4.72. The summed E-state index contributed by atoms with van der Waals surface area (Å²) < 4.78 is 0. The fourth-order valence-electron chi connectivity index (χ4n) is 9.51. The molecule has 0 saturated carbocycles. The van der Waals surface area contributed by atoms with E-state index in [0.717, 1.165) is 22.7 Å². The third-order valence-electron chi connectivity index (χ3n) is 12.5. The lowest BCUT2D eigenvalue weighted by Crippen LogP contribution is -2.12. The molecule has 11 rings (SSSR count). The van der Waals surface area contributed by atoms with Crippen LogP contribution in [0.5, 0.6) is 0 Å². The van der Waals surface area contributed by atoms with E-state index < -0.39 is 0 Å². The molecule has 0 fully saturated rings. The van der Waals surface area contributed by atoms with E-state index in [4.69, 9.17) is 0 Å². The van der Waals surface area contributed by atoms with Crippen molar-refractivity contribution in [3.63, 3.8) is 0 Å². The van der Waals surface area contributed by atoms with E-state index in [0.29, 0.717) is 11.8 Å². The molecule has 2 unspecified atom stereocenters. The summed E-state index contributed by atoms with van der Waals surface area (Å²) in [7, 11) is 2.18. The van der Waals surface area contributed by atoms with E-state index in [2.05, 4.69) is 230 Å². The van der Waals surface area contributed by atoms with Gasteiger partial charge in [-0.15, -0.1) is 0 Å². The van der Waals surface area contributed by atoms with E-state index in [1.807, 2.05) is 0 Å². The number of nitrogens with zero attached hydrogens (tertiary/aromatic N) is 2. The minimum Gasteiger partial charge on any atom is -0.344 e. The Morgan fingerprint density at radius 1 is 0.397 bits per heavy atom. The Kier molecular flexibility index (Phi) is 8.11. The first-order valence-electron chi connectivity index (χ1n) is 20.4. The lowest BCUT2D eigenvalue weighted by atomic mass is 9.84. The highest BCUT2D eigenvalue weighted by Crippen LogP contribution is 2.44. The van der Waals surface area contributed by atoms with Gasteiger partial charge < -0.3 is 9.80 Å². The van der Waals surface area contributed by atoms with Gasteiger partial charge in [0.25, 0.3) is 0 Å². The van der Waals surface area contributed by atoms with Crippen LogP contribution >= 0.6 is 0 Å². The number of hydrogen-bond acceptors (Lipinski definition) is 2. The Morgan fingerprint density at radius 2 is 0.966 bits per heavy atom. The SMILES string of the molecule is CC1C=CC=CC1c1cccc(N(c2ccc(-c3ccc(N(C)c4ccc5c6cccc7cccc(c8cccc4c85)c76)cc3)cc2)c2ccc3ccccc3c2)c1. The number of rotatable bonds is 7. The zero-order valence-corrected chi connectivity index (χ0v) is 32.7. The van der Waals surface area contributed by atoms with Crippen molar-refractivity contribution in [2.75, 3.05) is 16.8 Å². The van der Waals surface area contributed by atoms with Gasteiger partial charge in [0.05, 0.1) is 0 Å². The maximum absolute atomic E-state index is 2.39. The molecule has 58 heavy (non-hydrogen) atoms. The first-order valence-corrected chi connectivity index (χ1v) is 20.4. The smallest absolute Gasteiger partial charge is 0.0488 e. The molecule has 2 atom stereocenters. The van der Waals surface area contributed by atoms with Crippen molar-refractivity contribution in [3.8, 4) is 11.1 Å². The van der Waals surface area contributed by atoms with Crippen molar-refractivity contribution in [3.05, 3.63) is 212 Å². The van der Waals surface area contributed by atoms with Crippen molar-refractivity contribution in [1.82, 2.24) is 0 Å². The molecular formula is C56H42N2. The molecule has 0 N–H and O–H groups in total. The maximum Gasteiger partial charge on any atom is 0.0488 e. The van der Waals surface area contributed by atoms with Crippen LogP contribution in [0.15, 0.2) is 206 Å². The van der Waals surface area contributed by atoms with Gasteiger partial charge >= 0.3 is 0 Å². The summed E-state index contributed by atoms with van der Waals surface area (Å²) in [6.07, 6.45) is 8.97. The second-order valence-electron chi connectivity index (χ2n) is 15.8. The standard InChI is InChI=1S/C56H42N2/c1-37-11-3-6-18-48(37)43-16-7-17-46(36-43)58(47-32-27-38-12-4-5-13-42(38)35-47)45-30-25-40(26-31-45)39-23-28-44(29-24-39)57(2)54-34-33-52-50-20-9-15-41-14-8-19-49(55(41)50)51-21-10-22-53(54)56(51)52/h3-37,48H,1-2H3. The van der Waals surface area contributed by atoms with Gasteiger partial charge in [-0.3, -0.25) is 0 Å². The summed E-state index contributed by atoms with van der Waals surface area (Å²) in [5.74, 6) is 0.795. The Labute approximate surface area is 339 Å². The Bertz CT molecular complexity index is 3160. The van der Waals surface area contributed by atoms with Gasteiger partial charge in [-0.25, -0.2) is 0 Å². The quantitative estimate of drug-likeness (QED) is 0.118. The van der Waals surface area contributed by atoms with Crippen LogP contribution in [0.2, 0.25) is 0 Å². The Morgan fingerprint density at radius 3 is 1.71 bits per heavy atom. The van der Waals surface area contributed by atoms with Crippen molar-refractivity contribution in [2.24, 2.45) is 5.92 Å². The average molecular weight is 743 g/mol. The first kappa shape index (κ1) is 34.1. The normalized spacial score (nSPS) is 15.3. The number of fused-ring (bicyclic) bond motifs is 3. The van der Waals surface area contributed by atoms with Gasteiger partial charge in [-0.2, -0.15) is 0 Å². The van der Waals surface area contributed by atoms with Gasteiger partial charge in [0.2, 0.25) is 0 Å². The summed E-state index contributed by atoms with van der Waals surface area (Å²) in [6.45, 7) is 2.30. The maximum atomic E-state index is 2.39. The molecule has 0 heterocycles. The van der Waals surface area contributed by atoms with Gasteiger partial charge in [-0.1, -0.05) is 159 Å². The second-order valence-corrected chi connectivity index (χ2v) is 15.8. The van der Waals surface area contributed by atoms with E-state index in [-0.39, 0.29) is 0 Å². The van der Waals surface area contributed by atoms with E-state index in [1.165, 1.54) is 76.2 Å². The van der Waals surface area contributed by atoms with Crippen LogP contribution < -0.4 is 9.80 Å². The highest BCUT2D eigenvalue weighted by atomic mass is 15.1. The average Bonchev–Trinajstić information content (AvgIpc) is 3.28. The molecule has 276 valence electrons. The van der Waals surface area contributed by atoms with E-state index >= 15 is 0 Å². The molecule has 0 aromatic heterocycles. The fraction of sp³-hybridized carbons (Fsp3) is 0.0714. The largest absolute Gasteiger partial charge is 0.344 e. The third-order valence-corrected chi connectivity index (χ3v) is 12.5. The Hall–Kier alpha value is -7.16. The molecule has 0 saturated heterocycles. The summed E-state index contributed by atoms with van der Waals surface area (Å²) in [6, 6.07) is 67.2. The van der Waals surface area contributed by atoms with Crippen molar-refractivity contribution < 1.29 is 0 Å². The number of hydrogen-bond donors (Lipinski definition) is 0. The second kappa shape index (κ2) is 13.8. The van der Waals surface area contributed by atoms with Crippen molar-refractivity contribution in [2.45, 2.75) is 12.8 Å². The molecule has 0 spiro atoms. The van der Waals surface area contributed by atoms with Crippen molar-refractivity contribution in [1.29, 1.82) is 0 Å². The molecule has 0 bridgehead atoms. The molecule has 0 amide bonds. The number of allylic oxidation sites excluding steroid dienone is 4. The molecule has 1 aliphatic rings. The predicted octanol–water partition coefficient (Wildman–Crippen LogP) is 15.6. The molecule has 10 aromatic rings. The molecule has 0 radical (unpaired) electrons. The summed E-state index contributed by atoms with van der Waals surface area (Å²) in [5.41, 5.74) is 9.48. The van der Waals surface area contributed by atoms with Crippen LogP contribution in [-0.2, 0) is 0 Å². The lowest BCUT2D eigenvalue weighted by molar-refractivity contribution is 0.635. The highest BCUT2D eigenvalue weighted by molar-refractivity contribution is 6.34. The van der Waals surface area contributed by atoms with Gasteiger partial charge in [0.15, 0.2) is 0 Å². The van der Waals surface area contributed by atoms with E-state index in [1.54, 1.807) is 0 Å². The monoisotopic (exact) mass is 742 g/mol. The number of anilines is 5. The summed E-state index contributed by atoms with van der Waals surface area (Å²) >= 11 is 0. The van der Waals surface area contributed by atoms with Crippen LogP contribution in [0.1, 0.15) is 18.4 Å². The molecule has 2 nitrogen and oxygen atoms in total. The zero-order chi connectivity index (χ0) is 38.7. The molecule has 2 heteroatoms. The number of benzene rings is 10. The van der Waals surface area contributed by atoms with Crippen LogP contribution in [0.4, 0.5) is 28.4 Å². The topological polar surface area (TPSA) is 6.48 Å². The third kappa shape index (κ3) is 5.64. The molecule has 1 aliphatic carbocycles. The molecule has 10 aromatic carbocycles. The highest BCUT2D eigenvalue weighted by Gasteiger charge is 2.20. The van der Waals surface area contributed by atoms with Crippen LogP contribution in [0.3, 0.4) is 0 Å². The van der Waals surface area contributed by atoms with E-state index in [9.17, 15) is 0 Å². The van der Waals surface area contributed by atoms with Gasteiger partial charge in [-0.05, 0) is 126 Å². The van der Waals surface area contributed by atoms with Crippen LogP contribution in [-0.4, -0.2) is 7.05 Å². The van der Waals surface area contributed by atoms with Crippen LogP contribution in [0.25, 0.3) is 65.0 Å². The first-order chi connectivity index (χ1) is 28.6. The molecule has 0 aliphatic heterocycles. The van der Waals surface area contributed by atoms with Crippen LogP contribution in [0, 0.1) is 5.92 Å². The molecular weight excluding hydrogens is 701 g/mol. The minimum atomic E-state index is 0.349. The minimum absolute atomic E-state index is 0.349. The Balaban J connectivity index is 0.928.